The number of nitrogens with one attached hydrogen (secondary N) is 1. The molecule has 0 fully saturated rings. The summed E-state index contributed by atoms with van der Waals surface area (Å²) in [5.74, 6) is 1.12. The molecule has 1 atom stereocenters. The third-order valence-electron chi connectivity index (χ3n) is 4.32. The molecule has 0 heterocycles. The lowest BCUT2D eigenvalue weighted by Gasteiger charge is -2.15. The first-order valence-electron chi connectivity index (χ1n) is 8.78. The molecule has 0 aliphatic rings. The maximum Gasteiger partial charge on any atom is 0.244 e. The zero-order chi connectivity index (χ0) is 21.6. The minimum absolute atomic E-state index is 0.236. The summed E-state index contributed by atoms with van der Waals surface area (Å²) < 4.78 is 39.1. The predicted octanol–water partition coefficient (Wildman–Crippen LogP) is 3.01. The van der Waals surface area contributed by atoms with Crippen molar-refractivity contribution >= 4 is 21.8 Å². The lowest BCUT2D eigenvalue weighted by Crippen LogP contribution is -2.24. The van der Waals surface area contributed by atoms with Crippen molar-refractivity contribution in [2.75, 3.05) is 27.6 Å². The van der Waals surface area contributed by atoms with Gasteiger partial charge >= 0.3 is 0 Å². The Morgan fingerprint density at radius 1 is 0.966 bits per heavy atom. The Balaban J connectivity index is 2.13. The van der Waals surface area contributed by atoms with E-state index in [9.17, 15) is 13.2 Å². The van der Waals surface area contributed by atoms with Gasteiger partial charge in [-0.3, -0.25) is 4.79 Å². The molecule has 0 saturated carbocycles. The number of sulfone groups is 1. The lowest BCUT2D eigenvalue weighted by atomic mass is 10.1. The van der Waals surface area contributed by atoms with Crippen molar-refractivity contribution in [1.29, 1.82) is 0 Å². The average Bonchev–Trinajstić information content (AvgIpc) is 2.70. The van der Waals surface area contributed by atoms with E-state index in [-0.39, 0.29) is 16.8 Å². The third-order valence-corrected chi connectivity index (χ3v) is 5.44. The topological polar surface area (TPSA) is 90.9 Å². The van der Waals surface area contributed by atoms with Gasteiger partial charge in [0.05, 0.1) is 32.3 Å². The molecule has 0 unspecified atom stereocenters. The Hall–Kier alpha value is -3.00. The zero-order valence-corrected chi connectivity index (χ0v) is 17.9. The molecule has 156 valence electrons. The van der Waals surface area contributed by atoms with Crippen LogP contribution in [0.5, 0.6) is 17.2 Å². The summed E-state index contributed by atoms with van der Waals surface area (Å²) in [7, 11) is 1.30. The highest BCUT2D eigenvalue weighted by atomic mass is 32.2. The van der Waals surface area contributed by atoms with Crippen molar-refractivity contribution in [3.8, 4) is 17.2 Å². The zero-order valence-electron chi connectivity index (χ0n) is 17.1. The van der Waals surface area contributed by atoms with Gasteiger partial charge in [0.25, 0.3) is 0 Å². The SMILES string of the molecule is COc1ccc(/C=C/C(=O)N[C@@H](C)c2ccc(S(C)(=O)=O)cc2)c(OC)c1OC. The number of amides is 1. The van der Waals surface area contributed by atoms with E-state index in [0.717, 1.165) is 11.8 Å². The number of hydrogen-bond acceptors (Lipinski definition) is 6. The van der Waals surface area contributed by atoms with Gasteiger partial charge in [-0.1, -0.05) is 12.1 Å². The molecule has 0 bridgehead atoms. The monoisotopic (exact) mass is 419 g/mol. The van der Waals surface area contributed by atoms with Crippen molar-refractivity contribution in [3.63, 3.8) is 0 Å². The molecular formula is C21H25NO6S. The first-order valence-corrected chi connectivity index (χ1v) is 10.7. The van der Waals surface area contributed by atoms with E-state index in [1.165, 1.54) is 39.5 Å². The normalized spacial score (nSPS) is 12.4. The molecule has 7 nitrogen and oxygen atoms in total. The molecule has 0 spiro atoms. The maximum atomic E-state index is 12.3. The van der Waals surface area contributed by atoms with Gasteiger partial charge in [0, 0.05) is 17.9 Å². The number of carbonyl (C=O) groups is 1. The summed E-state index contributed by atoms with van der Waals surface area (Å²) in [5, 5.41) is 2.84. The molecule has 2 aromatic carbocycles. The largest absolute Gasteiger partial charge is 0.493 e. The molecule has 8 heteroatoms. The van der Waals surface area contributed by atoms with Gasteiger partial charge in [-0.15, -0.1) is 0 Å². The highest BCUT2D eigenvalue weighted by molar-refractivity contribution is 7.90. The quantitative estimate of drug-likeness (QED) is 0.662. The van der Waals surface area contributed by atoms with Crippen LogP contribution in [0.3, 0.4) is 0 Å². The molecule has 29 heavy (non-hydrogen) atoms. The van der Waals surface area contributed by atoms with Crippen molar-refractivity contribution in [2.45, 2.75) is 17.9 Å². The van der Waals surface area contributed by atoms with Crippen LogP contribution in [0.1, 0.15) is 24.1 Å². The summed E-state index contributed by atoms with van der Waals surface area (Å²) in [6, 6.07) is 9.61. The van der Waals surface area contributed by atoms with Crippen molar-refractivity contribution in [1.82, 2.24) is 5.32 Å². The van der Waals surface area contributed by atoms with Gasteiger partial charge in [-0.05, 0) is 42.8 Å². The molecule has 0 saturated heterocycles. The second-order valence-electron chi connectivity index (χ2n) is 6.33. The Labute approximate surface area is 171 Å². The number of ether oxygens (including phenoxy) is 3. The molecule has 2 aromatic rings. The van der Waals surface area contributed by atoms with Crippen LogP contribution >= 0.6 is 0 Å². The number of carbonyl (C=O) groups excluding carboxylic acids is 1. The molecule has 0 aliphatic carbocycles. The minimum atomic E-state index is -3.25. The number of benzene rings is 2. The third kappa shape index (κ3) is 5.51. The first-order chi connectivity index (χ1) is 13.7. The van der Waals surface area contributed by atoms with Crippen LogP contribution in [0.4, 0.5) is 0 Å². The Bertz CT molecular complexity index is 997. The highest BCUT2D eigenvalue weighted by Gasteiger charge is 2.15. The fourth-order valence-electron chi connectivity index (χ4n) is 2.77. The smallest absolute Gasteiger partial charge is 0.244 e. The fraction of sp³-hybridized carbons (Fsp3) is 0.286. The number of methoxy groups -OCH3 is 3. The van der Waals surface area contributed by atoms with E-state index in [1.807, 2.05) is 6.92 Å². The minimum Gasteiger partial charge on any atom is -0.493 e. The number of rotatable bonds is 8. The van der Waals surface area contributed by atoms with Crippen molar-refractivity contribution in [3.05, 3.63) is 53.6 Å². The molecule has 1 amide bonds. The van der Waals surface area contributed by atoms with Crippen LogP contribution in [0.2, 0.25) is 0 Å². The van der Waals surface area contributed by atoms with Crippen LogP contribution in [0.15, 0.2) is 47.4 Å². The Morgan fingerprint density at radius 2 is 1.59 bits per heavy atom. The van der Waals surface area contributed by atoms with E-state index in [4.69, 9.17) is 14.2 Å². The molecule has 2 rings (SSSR count). The van der Waals surface area contributed by atoms with E-state index in [2.05, 4.69) is 5.32 Å². The summed E-state index contributed by atoms with van der Waals surface area (Å²) in [5.41, 5.74) is 1.45. The van der Waals surface area contributed by atoms with E-state index < -0.39 is 9.84 Å². The van der Waals surface area contributed by atoms with Crippen LogP contribution in [0.25, 0.3) is 6.08 Å². The van der Waals surface area contributed by atoms with Crippen molar-refractivity contribution < 1.29 is 27.4 Å². The van der Waals surface area contributed by atoms with E-state index >= 15 is 0 Å². The molecule has 0 aromatic heterocycles. The van der Waals surface area contributed by atoms with Gasteiger partial charge in [-0.2, -0.15) is 0 Å². The summed E-state index contributed by atoms with van der Waals surface area (Å²) in [4.78, 5) is 12.5. The standard InChI is InChI=1S/C21H25NO6S/c1-14(15-6-10-17(11-7-15)29(5,24)25)22-19(23)13-9-16-8-12-18(26-2)21(28-4)20(16)27-3/h6-14H,1-5H3,(H,22,23)/b13-9+/t14-/m0/s1. The van der Waals surface area contributed by atoms with E-state index in [0.29, 0.717) is 22.8 Å². The van der Waals surface area contributed by atoms with Crippen LogP contribution in [-0.4, -0.2) is 41.9 Å². The molecule has 1 N–H and O–H groups in total. The Morgan fingerprint density at radius 3 is 2.10 bits per heavy atom. The number of hydrogen-bond donors (Lipinski definition) is 1. The van der Waals surface area contributed by atoms with Crippen molar-refractivity contribution in [2.24, 2.45) is 0 Å². The Kier molecular flexibility index (Phi) is 7.28. The molecule has 0 radical (unpaired) electrons. The molecule has 0 aliphatic heterocycles. The van der Waals surface area contributed by atoms with Gasteiger partial charge in [-0.25, -0.2) is 8.42 Å². The van der Waals surface area contributed by atoms with Crippen LogP contribution in [0, 0.1) is 0 Å². The average molecular weight is 419 g/mol. The summed E-state index contributed by atoms with van der Waals surface area (Å²) in [6.45, 7) is 1.82. The molecular weight excluding hydrogens is 394 g/mol. The predicted molar refractivity (Wildman–Crippen MR) is 111 cm³/mol. The van der Waals surface area contributed by atoms with Crippen LogP contribution < -0.4 is 19.5 Å². The van der Waals surface area contributed by atoms with Gasteiger partial charge in [0.15, 0.2) is 21.3 Å². The second-order valence-corrected chi connectivity index (χ2v) is 8.34. The lowest BCUT2D eigenvalue weighted by molar-refractivity contribution is -0.117. The summed E-state index contributed by atoms with van der Waals surface area (Å²) in [6.07, 6.45) is 4.17. The van der Waals surface area contributed by atoms with E-state index in [1.54, 1.807) is 30.3 Å². The van der Waals surface area contributed by atoms with Gasteiger partial charge < -0.3 is 19.5 Å². The highest BCUT2D eigenvalue weighted by Crippen LogP contribution is 2.40. The van der Waals surface area contributed by atoms with Crippen LogP contribution in [-0.2, 0) is 14.6 Å². The van der Waals surface area contributed by atoms with Gasteiger partial charge in [0.1, 0.15) is 0 Å². The summed E-state index contributed by atoms with van der Waals surface area (Å²) >= 11 is 0. The first kappa shape index (κ1) is 22.3. The second kappa shape index (κ2) is 9.47. The van der Waals surface area contributed by atoms with Gasteiger partial charge in [0.2, 0.25) is 11.7 Å². The maximum absolute atomic E-state index is 12.3. The fourth-order valence-corrected chi connectivity index (χ4v) is 3.40.